The summed E-state index contributed by atoms with van der Waals surface area (Å²) in [5.74, 6) is 0.450. The number of benzene rings is 2. The van der Waals surface area contributed by atoms with Crippen LogP contribution in [0, 0.1) is 5.82 Å². The number of amides is 1. The number of hydrogen-bond acceptors (Lipinski definition) is 3. The zero-order chi connectivity index (χ0) is 15.2. The first-order valence-corrected chi connectivity index (χ1v) is 6.38. The lowest BCUT2D eigenvalue weighted by Gasteiger charge is -2.10. The summed E-state index contributed by atoms with van der Waals surface area (Å²) in [7, 11) is 3.11. The van der Waals surface area contributed by atoms with Crippen molar-refractivity contribution in [2.24, 2.45) is 0 Å². The Morgan fingerprint density at radius 1 is 1.10 bits per heavy atom. The minimum absolute atomic E-state index is 0.287. The molecule has 0 atom stereocenters. The Balaban J connectivity index is 2.04. The van der Waals surface area contributed by atoms with E-state index in [2.05, 4.69) is 5.32 Å². The second-order valence-corrected chi connectivity index (χ2v) is 4.38. The van der Waals surface area contributed by atoms with E-state index in [9.17, 15) is 9.18 Å². The van der Waals surface area contributed by atoms with Crippen LogP contribution in [-0.4, -0.2) is 20.1 Å². The van der Waals surface area contributed by atoms with Crippen molar-refractivity contribution in [3.63, 3.8) is 0 Å². The fourth-order valence-corrected chi connectivity index (χ4v) is 1.90. The lowest BCUT2D eigenvalue weighted by atomic mass is 10.1. The minimum atomic E-state index is -0.436. The molecule has 0 saturated heterocycles. The van der Waals surface area contributed by atoms with Gasteiger partial charge < -0.3 is 14.8 Å². The summed E-state index contributed by atoms with van der Waals surface area (Å²) in [6.07, 6.45) is 0. The fraction of sp³-hybridized carbons (Fsp3) is 0.188. The molecule has 0 fully saturated rings. The SMILES string of the molecule is COc1ccc(CNC(=O)c2cccc(F)c2)cc1OC. The largest absolute Gasteiger partial charge is 0.493 e. The van der Waals surface area contributed by atoms with Crippen LogP contribution < -0.4 is 14.8 Å². The Hall–Kier alpha value is -2.56. The predicted octanol–water partition coefficient (Wildman–Crippen LogP) is 2.77. The molecule has 0 bridgehead atoms. The standard InChI is InChI=1S/C16H16FNO3/c1-20-14-7-6-11(8-15(14)21-2)10-18-16(19)12-4-3-5-13(17)9-12/h3-9H,10H2,1-2H3,(H,18,19). The molecule has 0 aromatic heterocycles. The maximum absolute atomic E-state index is 13.1. The molecule has 2 aromatic rings. The van der Waals surface area contributed by atoms with Gasteiger partial charge in [0.15, 0.2) is 11.5 Å². The number of carbonyl (C=O) groups excluding carboxylic acids is 1. The van der Waals surface area contributed by atoms with Gasteiger partial charge in [0.05, 0.1) is 14.2 Å². The highest BCUT2D eigenvalue weighted by molar-refractivity contribution is 5.94. The van der Waals surface area contributed by atoms with Crippen molar-refractivity contribution in [3.05, 3.63) is 59.4 Å². The summed E-state index contributed by atoms with van der Waals surface area (Å²) >= 11 is 0. The number of rotatable bonds is 5. The summed E-state index contributed by atoms with van der Waals surface area (Å²) < 4.78 is 23.4. The van der Waals surface area contributed by atoms with Gasteiger partial charge in [-0.1, -0.05) is 12.1 Å². The third kappa shape index (κ3) is 3.72. The molecule has 5 heteroatoms. The predicted molar refractivity (Wildman–Crippen MR) is 77.1 cm³/mol. The summed E-state index contributed by atoms with van der Waals surface area (Å²) in [6.45, 7) is 0.315. The molecule has 0 aliphatic heterocycles. The highest BCUT2D eigenvalue weighted by atomic mass is 19.1. The number of halogens is 1. The molecule has 110 valence electrons. The van der Waals surface area contributed by atoms with E-state index in [-0.39, 0.29) is 11.5 Å². The van der Waals surface area contributed by atoms with E-state index >= 15 is 0 Å². The molecule has 0 spiro atoms. The Morgan fingerprint density at radius 3 is 2.52 bits per heavy atom. The molecule has 1 N–H and O–H groups in total. The zero-order valence-corrected chi connectivity index (χ0v) is 11.9. The number of ether oxygens (including phenoxy) is 2. The summed E-state index contributed by atoms with van der Waals surface area (Å²) in [4.78, 5) is 11.9. The van der Waals surface area contributed by atoms with Crippen LogP contribution in [0.3, 0.4) is 0 Å². The molecule has 4 nitrogen and oxygen atoms in total. The molecule has 1 amide bonds. The summed E-state index contributed by atoms with van der Waals surface area (Å²) in [5, 5.41) is 2.73. The van der Waals surface area contributed by atoms with Crippen LogP contribution in [0.4, 0.5) is 4.39 Å². The van der Waals surface area contributed by atoms with Crippen LogP contribution in [0.25, 0.3) is 0 Å². The topological polar surface area (TPSA) is 47.6 Å². The van der Waals surface area contributed by atoms with Crippen LogP contribution in [0.2, 0.25) is 0 Å². The Kier molecular flexibility index (Phi) is 4.77. The van der Waals surface area contributed by atoms with Crippen molar-refractivity contribution in [1.29, 1.82) is 0 Å². The van der Waals surface area contributed by atoms with Gasteiger partial charge in [-0.25, -0.2) is 4.39 Å². The maximum atomic E-state index is 13.1. The molecule has 2 rings (SSSR count). The van der Waals surface area contributed by atoms with Gasteiger partial charge in [-0.05, 0) is 35.9 Å². The molecule has 0 heterocycles. The highest BCUT2D eigenvalue weighted by Gasteiger charge is 2.08. The second-order valence-electron chi connectivity index (χ2n) is 4.38. The first kappa shape index (κ1) is 14.8. The molecular weight excluding hydrogens is 273 g/mol. The van der Waals surface area contributed by atoms with E-state index in [1.165, 1.54) is 18.2 Å². The van der Waals surface area contributed by atoms with Crippen LogP contribution in [-0.2, 0) is 6.54 Å². The molecule has 0 aliphatic rings. The summed E-state index contributed by atoms with van der Waals surface area (Å²) in [6, 6.07) is 10.9. The van der Waals surface area contributed by atoms with Crippen molar-refractivity contribution in [3.8, 4) is 11.5 Å². The Morgan fingerprint density at radius 2 is 1.86 bits per heavy atom. The lowest BCUT2D eigenvalue weighted by molar-refractivity contribution is 0.0950. The zero-order valence-electron chi connectivity index (χ0n) is 11.9. The molecule has 2 aromatic carbocycles. The van der Waals surface area contributed by atoms with Gasteiger partial charge in [0, 0.05) is 12.1 Å². The fourth-order valence-electron chi connectivity index (χ4n) is 1.90. The number of carbonyl (C=O) groups is 1. The van der Waals surface area contributed by atoms with E-state index in [1.54, 1.807) is 32.4 Å². The van der Waals surface area contributed by atoms with Crippen LogP contribution >= 0.6 is 0 Å². The van der Waals surface area contributed by atoms with Crippen molar-refractivity contribution in [1.82, 2.24) is 5.32 Å². The van der Waals surface area contributed by atoms with Gasteiger partial charge >= 0.3 is 0 Å². The average Bonchev–Trinajstić information content (AvgIpc) is 2.52. The minimum Gasteiger partial charge on any atom is -0.493 e. The van der Waals surface area contributed by atoms with Crippen molar-refractivity contribution in [2.45, 2.75) is 6.54 Å². The van der Waals surface area contributed by atoms with E-state index in [1.807, 2.05) is 6.07 Å². The van der Waals surface area contributed by atoms with Crippen LogP contribution in [0.1, 0.15) is 15.9 Å². The van der Waals surface area contributed by atoms with Gasteiger partial charge in [-0.2, -0.15) is 0 Å². The van der Waals surface area contributed by atoms with E-state index in [4.69, 9.17) is 9.47 Å². The van der Waals surface area contributed by atoms with Gasteiger partial charge in [0.2, 0.25) is 0 Å². The summed E-state index contributed by atoms with van der Waals surface area (Å²) in [5.41, 5.74) is 1.15. The molecule has 0 saturated carbocycles. The smallest absolute Gasteiger partial charge is 0.251 e. The van der Waals surface area contributed by atoms with Gasteiger partial charge in [0.25, 0.3) is 5.91 Å². The normalized spacial score (nSPS) is 10.0. The van der Waals surface area contributed by atoms with Gasteiger partial charge in [-0.15, -0.1) is 0 Å². The van der Waals surface area contributed by atoms with Crippen molar-refractivity contribution >= 4 is 5.91 Å². The number of hydrogen-bond donors (Lipinski definition) is 1. The Bertz CT molecular complexity index is 643. The molecule has 21 heavy (non-hydrogen) atoms. The lowest BCUT2D eigenvalue weighted by Crippen LogP contribution is -2.22. The molecule has 0 aliphatic carbocycles. The van der Waals surface area contributed by atoms with E-state index in [0.717, 1.165) is 5.56 Å². The van der Waals surface area contributed by atoms with Crippen LogP contribution in [0.15, 0.2) is 42.5 Å². The van der Waals surface area contributed by atoms with Gasteiger partial charge in [0.1, 0.15) is 5.82 Å². The van der Waals surface area contributed by atoms with E-state index in [0.29, 0.717) is 18.0 Å². The first-order chi connectivity index (χ1) is 10.1. The average molecular weight is 289 g/mol. The third-order valence-electron chi connectivity index (χ3n) is 2.99. The monoisotopic (exact) mass is 289 g/mol. The Labute approximate surface area is 122 Å². The van der Waals surface area contributed by atoms with Crippen molar-refractivity contribution < 1.29 is 18.7 Å². The number of methoxy groups -OCH3 is 2. The van der Waals surface area contributed by atoms with Crippen molar-refractivity contribution in [2.75, 3.05) is 14.2 Å². The molecule has 0 unspecified atom stereocenters. The number of nitrogens with one attached hydrogen (secondary N) is 1. The quantitative estimate of drug-likeness (QED) is 0.920. The second kappa shape index (κ2) is 6.74. The molecule has 0 radical (unpaired) electrons. The van der Waals surface area contributed by atoms with Crippen LogP contribution in [0.5, 0.6) is 11.5 Å². The van der Waals surface area contributed by atoms with Gasteiger partial charge in [-0.3, -0.25) is 4.79 Å². The third-order valence-corrected chi connectivity index (χ3v) is 2.99. The highest BCUT2D eigenvalue weighted by Crippen LogP contribution is 2.27. The van der Waals surface area contributed by atoms with E-state index < -0.39 is 5.82 Å². The first-order valence-electron chi connectivity index (χ1n) is 6.38. The maximum Gasteiger partial charge on any atom is 0.251 e. The molecular formula is C16H16FNO3.